The van der Waals surface area contributed by atoms with Crippen molar-refractivity contribution in [3.8, 4) is 17.2 Å². The Kier molecular flexibility index (Phi) is 19.7. The molecule has 486 valence electrons. The van der Waals surface area contributed by atoms with Gasteiger partial charge in [0, 0.05) is 54.0 Å². The zero-order chi connectivity index (χ0) is 67.9. The molecule has 8 aliphatic heterocycles. The fraction of sp³-hybridized carbons (Fsp3) is 0.194. The molecule has 7 aromatic carbocycles. The van der Waals surface area contributed by atoms with E-state index in [1.807, 2.05) is 84.9 Å². The van der Waals surface area contributed by atoms with Gasteiger partial charge in [-0.05, 0) is 116 Å². The first-order valence-corrected chi connectivity index (χ1v) is 31.0. The molecule has 2 atom stereocenters. The second-order valence-corrected chi connectivity index (χ2v) is 23.6. The second-order valence-electron chi connectivity index (χ2n) is 22.8. The van der Waals surface area contributed by atoms with Crippen molar-refractivity contribution in [2.24, 2.45) is 0 Å². The van der Waals surface area contributed by atoms with E-state index in [4.69, 9.17) is 14.2 Å². The number of amides is 12. The Bertz CT molecular complexity index is 4350. The van der Waals surface area contributed by atoms with Crippen molar-refractivity contribution in [1.82, 2.24) is 40.0 Å². The van der Waals surface area contributed by atoms with Gasteiger partial charge in [0.2, 0.25) is 17.7 Å². The van der Waals surface area contributed by atoms with Gasteiger partial charge in [-0.3, -0.25) is 82.5 Å². The number of fused-ring (bicyclic) bond motifs is 4. The fourth-order valence-corrected chi connectivity index (χ4v) is 12.2. The van der Waals surface area contributed by atoms with E-state index in [9.17, 15) is 57.5 Å². The maximum absolute atomic E-state index is 12.8. The van der Waals surface area contributed by atoms with Crippen molar-refractivity contribution < 1.29 is 71.7 Å². The van der Waals surface area contributed by atoms with E-state index in [0.717, 1.165) is 55.2 Å². The third-order valence-electron chi connectivity index (χ3n) is 16.9. The number of benzene rings is 7. The van der Waals surface area contributed by atoms with Crippen LogP contribution < -0.4 is 24.8 Å². The highest BCUT2D eigenvalue weighted by molar-refractivity contribution is 9.12. The van der Waals surface area contributed by atoms with Crippen LogP contribution in [0, 0.1) is 0 Å². The van der Waals surface area contributed by atoms with E-state index in [1.165, 1.54) is 36.7 Å². The topological polar surface area (TPSA) is 276 Å². The van der Waals surface area contributed by atoms with Crippen LogP contribution in [0.4, 0.5) is 0 Å². The first-order valence-electron chi connectivity index (χ1n) is 30.2. The fourth-order valence-electron chi connectivity index (χ4n) is 11.7. The molecule has 2 fully saturated rings. The van der Waals surface area contributed by atoms with Gasteiger partial charge in [0.1, 0.15) is 35.0 Å². The zero-order valence-corrected chi connectivity index (χ0v) is 53.6. The highest BCUT2D eigenvalue weighted by atomic mass is 79.9. The Morgan fingerprint density at radius 1 is 0.427 bits per heavy atom. The molecule has 7 aromatic rings. The van der Waals surface area contributed by atoms with Crippen molar-refractivity contribution in [2.75, 3.05) is 21.3 Å². The van der Waals surface area contributed by atoms with Crippen LogP contribution in [-0.2, 0) is 84.2 Å². The predicted octanol–water partition coefficient (Wildman–Crippen LogP) is 6.91. The number of hydrogen-bond acceptors (Lipinski definition) is 15. The van der Waals surface area contributed by atoms with Crippen molar-refractivity contribution in [3.05, 3.63) is 253 Å². The van der Waals surface area contributed by atoms with E-state index >= 15 is 0 Å². The van der Waals surface area contributed by atoms with Gasteiger partial charge in [-0.25, -0.2) is 0 Å². The molecule has 8 heterocycles. The van der Waals surface area contributed by atoms with Gasteiger partial charge in [0.05, 0.1) is 64.8 Å². The van der Waals surface area contributed by atoms with Crippen LogP contribution >= 0.6 is 15.9 Å². The molecule has 2 N–H and O–H groups in total. The SMILES string of the molecule is COc1ccc(CN2C(=O)C=C(Br)C2=O)cc1.COc1ccc(CN2C(=O)C=C(N3Cc4ccccc4C3=O)C2=O)cc1.COc1ccc(CN2C(=O)CC(N3Cc4ccccc4C3=O)C2=O)cc1.O=C1CC(N2Cc3ccccc3C2=O)C(=O)N1.O=C1NCc2ccccc21. The van der Waals surface area contributed by atoms with Crippen molar-refractivity contribution in [1.29, 1.82) is 0 Å². The third kappa shape index (κ3) is 14.0. The quantitative estimate of drug-likeness (QED) is 0.118. The molecule has 0 bridgehead atoms. The lowest BCUT2D eigenvalue weighted by molar-refractivity contribution is -0.141. The van der Waals surface area contributed by atoms with Gasteiger partial charge in [-0.15, -0.1) is 0 Å². The Hall–Kier alpha value is -11.7. The van der Waals surface area contributed by atoms with Crippen LogP contribution in [0.1, 0.15) is 93.2 Å². The molecule has 0 aliphatic carbocycles. The molecule has 0 aromatic heterocycles. The highest BCUT2D eigenvalue weighted by Gasteiger charge is 2.47. The summed E-state index contributed by atoms with van der Waals surface area (Å²) in [5.41, 5.74) is 9.04. The van der Waals surface area contributed by atoms with Gasteiger partial charge in [0.25, 0.3) is 53.2 Å². The number of rotatable bonds is 12. The standard InChI is InChI=1S/C20H18N2O4.C20H16N2O4.C12H10BrNO3.C12H10N2O3.C8H7NO/c2*1-26-15-8-6-13(7-9-15)11-22-18(23)10-17(20(22)25)21-12-14-4-2-3-5-16(14)19(21)24;1-17-9-4-2-8(3-5-9)7-14-11(15)6-10(13)12(14)16;15-10-5-9(11(16)13-10)14-6-7-3-1-2-4-8(7)12(14)17;10-8-7-4-2-1-3-6(7)5-9-8/h2-9,17H,10-12H2,1H3;2-10H,11-12H2,1H3;2-6H,7H2,1H3;1-4,9H,5-6H2,(H,13,15,16);1-4H,5H2,(H,9,10). The van der Waals surface area contributed by atoms with Gasteiger partial charge < -0.3 is 29.3 Å². The number of imide groups is 4. The van der Waals surface area contributed by atoms with Gasteiger partial charge in [-0.1, -0.05) is 109 Å². The number of hydrogen-bond donors (Lipinski definition) is 2. The number of methoxy groups -OCH3 is 3. The van der Waals surface area contributed by atoms with Crippen LogP contribution in [0.15, 0.2) is 192 Å². The minimum Gasteiger partial charge on any atom is -0.497 e. The summed E-state index contributed by atoms with van der Waals surface area (Å²) >= 11 is 3.05. The second kappa shape index (κ2) is 28.7. The minimum absolute atomic E-state index is 0.0364. The number of ether oxygens (including phenoxy) is 3. The summed E-state index contributed by atoms with van der Waals surface area (Å²) in [4.78, 5) is 152. The summed E-state index contributed by atoms with van der Waals surface area (Å²) in [6.07, 6.45) is 2.63. The normalized spacial score (nSPS) is 17.9. The monoisotopic (exact) mass is 1360 g/mol. The molecular weight excluding hydrogens is 1300 g/mol. The lowest BCUT2D eigenvalue weighted by Gasteiger charge is -2.22. The maximum Gasteiger partial charge on any atom is 0.277 e. The van der Waals surface area contributed by atoms with Crippen molar-refractivity contribution >= 4 is 86.8 Å². The average molecular weight is 1360 g/mol. The van der Waals surface area contributed by atoms with Crippen LogP contribution in [0.3, 0.4) is 0 Å². The van der Waals surface area contributed by atoms with E-state index < -0.39 is 23.9 Å². The Morgan fingerprint density at radius 2 is 0.844 bits per heavy atom. The third-order valence-corrected chi connectivity index (χ3v) is 17.5. The van der Waals surface area contributed by atoms with Gasteiger partial charge >= 0.3 is 0 Å². The molecule has 12 amide bonds. The number of nitrogens with zero attached hydrogens (tertiary/aromatic N) is 6. The highest BCUT2D eigenvalue weighted by Crippen LogP contribution is 2.33. The molecular formula is C72H61BrN8O15. The molecule has 96 heavy (non-hydrogen) atoms. The lowest BCUT2D eigenvalue weighted by atomic mass is 10.1. The largest absolute Gasteiger partial charge is 0.497 e. The number of carbonyl (C=O) groups excluding carboxylic acids is 12. The first kappa shape index (κ1) is 65.8. The number of nitrogens with one attached hydrogen (secondary N) is 2. The minimum atomic E-state index is -0.722. The van der Waals surface area contributed by atoms with Crippen LogP contribution in [0.5, 0.6) is 17.2 Å². The van der Waals surface area contributed by atoms with Gasteiger partial charge in [0.15, 0.2) is 0 Å². The Labute approximate surface area is 558 Å². The molecule has 0 spiro atoms. The number of halogens is 1. The zero-order valence-electron chi connectivity index (χ0n) is 52.0. The molecule has 2 unspecified atom stereocenters. The van der Waals surface area contributed by atoms with Crippen LogP contribution in [0.25, 0.3) is 0 Å². The summed E-state index contributed by atoms with van der Waals surface area (Å²) in [6, 6.07) is 49.6. The van der Waals surface area contributed by atoms with Crippen LogP contribution in [-0.4, -0.2) is 134 Å². The summed E-state index contributed by atoms with van der Waals surface area (Å²) in [5, 5.41) is 4.97. The predicted molar refractivity (Wildman–Crippen MR) is 347 cm³/mol. The van der Waals surface area contributed by atoms with Crippen molar-refractivity contribution in [2.45, 2.75) is 70.7 Å². The Balaban J connectivity index is 0.000000126. The summed E-state index contributed by atoms with van der Waals surface area (Å²) in [7, 11) is 4.74. The lowest BCUT2D eigenvalue weighted by Crippen LogP contribution is -2.42. The smallest absolute Gasteiger partial charge is 0.277 e. The molecule has 2 saturated heterocycles. The summed E-state index contributed by atoms with van der Waals surface area (Å²) < 4.78 is 15.6. The Morgan fingerprint density at radius 3 is 1.27 bits per heavy atom. The summed E-state index contributed by atoms with van der Waals surface area (Å²) in [5.74, 6) is -1.11. The summed E-state index contributed by atoms with van der Waals surface area (Å²) in [6.45, 7) is 2.39. The molecule has 23 nitrogen and oxygen atoms in total. The molecule has 15 rings (SSSR count). The number of likely N-dealkylation sites (tertiary alicyclic amines) is 1. The van der Waals surface area contributed by atoms with Gasteiger partial charge in [-0.2, -0.15) is 0 Å². The molecule has 0 saturated carbocycles. The molecule has 24 heteroatoms. The average Bonchev–Trinajstić information content (AvgIpc) is 1.66. The number of carbonyl (C=O) groups is 12. The van der Waals surface area contributed by atoms with E-state index in [0.29, 0.717) is 58.9 Å². The molecule has 8 aliphatic rings. The van der Waals surface area contributed by atoms with Crippen LogP contribution in [0.2, 0.25) is 0 Å². The van der Waals surface area contributed by atoms with E-state index in [2.05, 4.69) is 26.6 Å². The van der Waals surface area contributed by atoms with Crippen molar-refractivity contribution in [3.63, 3.8) is 0 Å². The molecule has 0 radical (unpaired) electrons. The first-order chi connectivity index (χ1) is 46.3. The van der Waals surface area contributed by atoms with E-state index in [1.54, 1.807) is 106 Å². The maximum atomic E-state index is 12.8. The van der Waals surface area contributed by atoms with E-state index in [-0.39, 0.29) is 97.2 Å².